The molecule has 0 heterocycles. The van der Waals surface area contributed by atoms with Gasteiger partial charge in [-0.3, -0.25) is 4.79 Å². The molecule has 1 aliphatic rings. The zero-order valence-corrected chi connectivity index (χ0v) is 15.3. The van der Waals surface area contributed by atoms with Crippen LogP contribution in [-0.4, -0.2) is 49.2 Å². The van der Waals surface area contributed by atoms with E-state index < -0.39 is 76.9 Å². The molecule has 0 bridgehead atoms. The molecule has 1 rings (SSSR count). The first kappa shape index (κ1) is 25.4. The number of hydrogen-bond acceptors (Lipinski definition) is 5. The number of ketones is 1. The lowest BCUT2D eigenvalue weighted by atomic mass is 9.93. The largest absolute Gasteiger partial charge is 0.471 e. The molecule has 0 N–H and O–H groups in total. The molecule has 0 fully saturated rings. The van der Waals surface area contributed by atoms with E-state index in [0.29, 0.717) is 0 Å². The van der Waals surface area contributed by atoms with Crippen LogP contribution in [0.2, 0.25) is 0 Å². The van der Waals surface area contributed by atoms with Crippen LogP contribution in [0, 0.1) is 5.92 Å². The van der Waals surface area contributed by atoms with Gasteiger partial charge in [-0.25, -0.2) is 0 Å². The average molecular weight is 489 g/mol. The van der Waals surface area contributed by atoms with Gasteiger partial charge >= 0.3 is 42.9 Å². The summed E-state index contributed by atoms with van der Waals surface area (Å²) in [6.45, 7) is 1.01. The molecule has 29 heavy (non-hydrogen) atoms. The van der Waals surface area contributed by atoms with Gasteiger partial charge in [-0.15, -0.1) is 0 Å². The van der Waals surface area contributed by atoms with Crippen LogP contribution in [0.3, 0.4) is 0 Å². The molecule has 0 aromatic heterocycles. The molecule has 0 aromatic rings. The fourth-order valence-corrected chi connectivity index (χ4v) is 5.61. The number of carbonyl (C=O) groups excluding carboxylic acids is 1. The summed E-state index contributed by atoms with van der Waals surface area (Å²) in [6.07, 6.45) is -16.1. The predicted octanol–water partition coefficient (Wildman–Crippen LogP) is 3.14. The van der Waals surface area contributed by atoms with Crippen LogP contribution in [0.25, 0.3) is 0 Å². The summed E-state index contributed by atoms with van der Waals surface area (Å²) in [4.78, 5) is 11.4. The molecule has 0 aliphatic heterocycles. The minimum atomic E-state index is -7.82. The molecule has 170 valence electrons. The Balaban J connectivity index is 3.96. The van der Waals surface area contributed by atoms with Crippen LogP contribution in [0.5, 0.6) is 0 Å². The molecule has 0 saturated carbocycles. The quantitative estimate of drug-likeness (QED) is 0.554. The van der Waals surface area contributed by atoms with Gasteiger partial charge in [0.25, 0.3) is 0 Å². The van der Waals surface area contributed by atoms with E-state index >= 15 is 0 Å². The lowest BCUT2D eigenvalue weighted by Gasteiger charge is -2.34. The number of allylic oxidation sites excluding steroid dienone is 2. The normalized spacial score (nSPS) is 20.4. The van der Waals surface area contributed by atoms with Crippen molar-refractivity contribution in [2.45, 2.75) is 42.6 Å². The highest BCUT2D eigenvalue weighted by Gasteiger charge is 2.76. The molecule has 18 heteroatoms. The molecule has 0 amide bonds. The van der Waals surface area contributed by atoms with Crippen molar-refractivity contribution < 1.29 is 65.5 Å². The maximum atomic E-state index is 13.5. The van der Waals surface area contributed by atoms with Crippen LogP contribution in [0.15, 0.2) is 11.8 Å². The highest BCUT2D eigenvalue weighted by molar-refractivity contribution is 8.05. The van der Waals surface area contributed by atoms with Crippen molar-refractivity contribution in [2.75, 3.05) is 0 Å². The third kappa shape index (κ3) is 4.04. The summed E-state index contributed by atoms with van der Waals surface area (Å²) in [7, 11) is -15.6. The minimum Gasteiger partial charge on any atom is -0.295 e. The SMILES string of the molecule is CC1CC(=O)C=C(N(S(=O)(=O)C(F)(F)C(F)(F)F)S(=O)(=O)C(F)(F)C(F)(F)F)C1. The molecule has 1 aliphatic carbocycles. The van der Waals surface area contributed by atoms with Gasteiger partial charge in [0.2, 0.25) is 0 Å². The number of rotatable bonds is 5. The fraction of sp³-hybridized carbons (Fsp3) is 0.727. The van der Waals surface area contributed by atoms with Crippen molar-refractivity contribution in [3.05, 3.63) is 11.8 Å². The monoisotopic (exact) mass is 489 g/mol. The average Bonchev–Trinajstić information content (AvgIpc) is 2.42. The first-order valence-electron chi connectivity index (χ1n) is 6.94. The standard InChI is InChI=1S/C11H9F10NO5S2/c1-5-2-6(4-7(23)3-5)22(28(24,25)10(18,19)8(12,13)14)29(26,27)11(20,21)9(15,16)17/h4-5H,2-3H2,1H3. The molecule has 0 radical (unpaired) electrons. The van der Waals surface area contributed by atoms with Crippen LogP contribution >= 0.6 is 0 Å². The molecule has 0 aromatic carbocycles. The maximum absolute atomic E-state index is 13.5. The number of hydrogen-bond donors (Lipinski definition) is 0. The zero-order chi connectivity index (χ0) is 23.4. The number of halogens is 10. The Morgan fingerprint density at radius 2 is 1.14 bits per heavy atom. The second-order valence-electron chi connectivity index (χ2n) is 5.85. The Morgan fingerprint density at radius 3 is 1.41 bits per heavy atom. The summed E-state index contributed by atoms with van der Waals surface area (Å²) in [5.74, 6) is -2.49. The van der Waals surface area contributed by atoms with E-state index in [-0.39, 0.29) is 6.08 Å². The van der Waals surface area contributed by atoms with Gasteiger partial charge < -0.3 is 0 Å². The lowest BCUT2D eigenvalue weighted by molar-refractivity contribution is -0.244. The number of sulfonamides is 2. The van der Waals surface area contributed by atoms with E-state index in [1.807, 2.05) is 0 Å². The summed E-state index contributed by atoms with van der Waals surface area (Å²) in [6, 6.07) is 0. The van der Waals surface area contributed by atoms with E-state index in [4.69, 9.17) is 0 Å². The van der Waals surface area contributed by atoms with Crippen molar-refractivity contribution in [1.82, 2.24) is 3.71 Å². The first-order chi connectivity index (χ1) is 12.5. The minimum absolute atomic E-state index is 0.200. The summed E-state index contributed by atoms with van der Waals surface area (Å²) in [5, 5.41) is -14.2. The molecule has 0 spiro atoms. The van der Waals surface area contributed by atoms with Crippen LogP contribution in [-0.2, 0) is 24.8 Å². The number of alkyl halides is 10. The third-order valence-corrected chi connectivity index (χ3v) is 7.69. The second-order valence-corrected chi connectivity index (χ2v) is 9.74. The highest BCUT2D eigenvalue weighted by atomic mass is 32.3. The van der Waals surface area contributed by atoms with Crippen molar-refractivity contribution in [1.29, 1.82) is 0 Å². The highest BCUT2D eigenvalue weighted by Crippen LogP contribution is 2.49. The zero-order valence-electron chi connectivity index (χ0n) is 13.7. The first-order valence-corrected chi connectivity index (χ1v) is 9.82. The van der Waals surface area contributed by atoms with Crippen LogP contribution < -0.4 is 0 Å². The van der Waals surface area contributed by atoms with E-state index in [0.717, 1.165) is 6.92 Å². The molecule has 0 saturated heterocycles. The fourth-order valence-electron chi connectivity index (χ4n) is 2.14. The maximum Gasteiger partial charge on any atom is 0.471 e. The van der Waals surface area contributed by atoms with Crippen molar-refractivity contribution in [3.63, 3.8) is 0 Å². The van der Waals surface area contributed by atoms with E-state index in [1.165, 1.54) is 0 Å². The Kier molecular flexibility index (Phi) is 6.13. The van der Waals surface area contributed by atoms with Crippen LogP contribution in [0.4, 0.5) is 43.9 Å². The Bertz CT molecular complexity index is 861. The van der Waals surface area contributed by atoms with Gasteiger partial charge in [0.05, 0.1) is 5.70 Å². The van der Waals surface area contributed by atoms with Crippen LogP contribution in [0.1, 0.15) is 19.8 Å². The molecular formula is C11H9F10NO5S2. The molecule has 1 unspecified atom stereocenters. The summed E-state index contributed by atoms with van der Waals surface area (Å²) >= 11 is 0. The molecule has 1 atom stereocenters. The topological polar surface area (TPSA) is 88.6 Å². The summed E-state index contributed by atoms with van der Waals surface area (Å²) < 4.78 is 173. The van der Waals surface area contributed by atoms with Gasteiger partial charge in [-0.1, -0.05) is 6.92 Å². The second kappa shape index (κ2) is 6.98. The Morgan fingerprint density at radius 1 is 0.793 bits per heavy atom. The number of nitrogens with zero attached hydrogens (tertiary/aromatic N) is 1. The van der Waals surface area contributed by atoms with Gasteiger partial charge in [-0.2, -0.15) is 64.5 Å². The smallest absolute Gasteiger partial charge is 0.295 e. The van der Waals surface area contributed by atoms with Gasteiger partial charge in [0.15, 0.2) is 5.78 Å². The van der Waals surface area contributed by atoms with Crippen molar-refractivity contribution in [3.8, 4) is 0 Å². The molecule has 6 nitrogen and oxygen atoms in total. The van der Waals surface area contributed by atoms with E-state index in [2.05, 4.69) is 0 Å². The molecular weight excluding hydrogens is 480 g/mol. The van der Waals surface area contributed by atoms with Gasteiger partial charge in [0.1, 0.15) is 0 Å². The Hall–Kier alpha value is -1.59. The van der Waals surface area contributed by atoms with Gasteiger partial charge in [0, 0.05) is 12.5 Å². The summed E-state index contributed by atoms with van der Waals surface area (Å²) in [5.41, 5.74) is -1.92. The third-order valence-electron chi connectivity index (χ3n) is 3.41. The van der Waals surface area contributed by atoms with Crippen molar-refractivity contribution >= 4 is 25.8 Å². The lowest BCUT2D eigenvalue weighted by Crippen LogP contribution is -2.58. The predicted molar refractivity (Wildman–Crippen MR) is 73.2 cm³/mol. The van der Waals surface area contributed by atoms with Crippen molar-refractivity contribution in [2.24, 2.45) is 5.92 Å². The van der Waals surface area contributed by atoms with E-state index in [9.17, 15) is 65.5 Å². The number of carbonyl (C=O) groups is 1. The van der Waals surface area contributed by atoms with Gasteiger partial charge in [-0.05, 0) is 12.3 Å². The van der Waals surface area contributed by atoms with E-state index in [1.54, 1.807) is 0 Å². The Labute approximate surface area is 156 Å².